The first-order chi connectivity index (χ1) is 11.1. The highest BCUT2D eigenvalue weighted by molar-refractivity contribution is 7.89. The second-order valence-corrected chi connectivity index (χ2v) is 8.72. The number of hydrogen-bond acceptors (Lipinski definition) is 3. The van der Waals surface area contributed by atoms with Crippen LogP contribution in [0.25, 0.3) is 0 Å². The molecule has 4 nitrogen and oxygen atoms in total. The smallest absolute Gasteiger partial charge is 0.200 e. The van der Waals surface area contributed by atoms with Crippen LogP contribution in [-0.2, 0) is 15.4 Å². The summed E-state index contributed by atoms with van der Waals surface area (Å²) in [4.78, 5) is 2.31. The Balaban J connectivity index is 2.17. The summed E-state index contributed by atoms with van der Waals surface area (Å²) >= 11 is 11.9. The van der Waals surface area contributed by atoms with Crippen LogP contribution in [-0.4, -0.2) is 14.6 Å². The molecule has 0 bridgehead atoms. The molecule has 0 heterocycles. The van der Waals surface area contributed by atoms with Crippen molar-refractivity contribution in [1.29, 1.82) is 0 Å². The molecule has 0 aromatic heterocycles. The van der Waals surface area contributed by atoms with E-state index in [1.54, 1.807) is 42.5 Å². The van der Waals surface area contributed by atoms with Gasteiger partial charge in [0.25, 0.3) is 10.0 Å². The molecule has 0 saturated carbocycles. The molecule has 0 spiro atoms. The molecule has 7 heteroatoms. The van der Waals surface area contributed by atoms with Gasteiger partial charge in [-0.3, -0.25) is 0 Å². The Kier molecular flexibility index (Phi) is 5.58. The molecular formula is C17H18Cl2N2O2S. The first-order valence-corrected chi connectivity index (χ1v) is 9.44. The highest BCUT2D eigenvalue weighted by Gasteiger charge is 2.17. The number of sulfonamides is 1. The van der Waals surface area contributed by atoms with Gasteiger partial charge in [-0.2, -0.15) is 13.5 Å². The SMILES string of the molecule is CC(C)(C)c1ccc(S(=O)(=O)N/N=C\c2cccc(Cl)c2Cl)cc1. The summed E-state index contributed by atoms with van der Waals surface area (Å²) in [5, 5.41) is 4.45. The number of rotatable bonds is 4. The molecule has 0 aliphatic rings. The van der Waals surface area contributed by atoms with Gasteiger partial charge < -0.3 is 0 Å². The minimum absolute atomic E-state index is 0.0444. The second-order valence-electron chi connectivity index (χ2n) is 6.27. The summed E-state index contributed by atoms with van der Waals surface area (Å²) in [6, 6.07) is 11.7. The molecule has 24 heavy (non-hydrogen) atoms. The number of nitrogens with zero attached hydrogens (tertiary/aromatic N) is 1. The summed E-state index contributed by atoms with van der Waals surface area (Å²) in [5.74, 6) is 0. The van der Waals surface area contributed by atoms with Crippen molar-refractivity contribution >= 4 is 39.4 Å². The van der Waals surface area contributed by atoms with E-state index in [1.165, 1.54) is 6.21 Å². The molecule has 0 atom stereocenters. The molecule has 2 rings (SSSR count). The van der Waals surface area contributed by atoms with Crippen molar-refractivity contribution in [3.63, 3.8) is 0 Å². The Morgan fingerprint density at radius 2 is 1.67 bits per heavy atom. The highest BCUT2D eigenvalue weighted by Crippen LogP contribution is 2.25. The minimum atomic E-state index is -3.74. The fourth-order valence-corrected chi connectivity index (χ4v) is 3.12. The molecule has 1 N–H and O–H groups in total. The lowest BCUT2D eigenvalue weighted by Gasteiger charge is -2.19. The third kappa shape index (κ3) is 4.50. The standard InChI is InChI=1S/C17H18Cl2N2O2S/c1-17(2,3)13-7-9-14(10-8-13)24(22,23)21-20-11-12-5-4-6-15(18)16(12)19/h4-11,21H,1-3H3/b20-11-. The van der Waals surface area contributed by atoms with Gasteiger partial charge in [-0.05, 0) is 29.2 Å². The van der Waals surface area contributed by atoms with Crippen molar-refractivity contribution in [3.8, 4) is 0 Å². The zero-order valence-corrected chi connectivity index (χ0v) is 15.9. The van der Waals surface area contributed by atoms with Crippen molar-refractivity contribution in [2.45, 2.75) is 31.1 Å². The zero-order valence-electron chi connectivity index (χ0n) is 13.5. The lowest BCUT2D eigenvalue weighted by atomic mass is 9.87. The van der Waals surface area contributed by atoms with Crippen LogP contribution in [0.1, 0.15) is 31.9 Å². The van der Waals surface area contributed by atoms with Crippen LogP contribution in [0.15, 0.2) is 52.5 Å². The fraction of sp³-hybridized carbons (Fsp3) is 0.235. The predicted octanol–water partition coefficient (Wildman–Crippen LogP) is 4.60. The summed E-state index contributed by atoms with van der Waals surface area (Å²) in [6.07, 6.45) is 1.31. The molecule has 128 valence electrons. The molecule has 0 aliphatic carbocycles. The van der Waals surface area contributed by atoms with Crippen LogP contribution < -0.4 is 4.83 Å². The van der Waals surface area contributed by atoms with Crippen molar-refractivity contribution in [1.82, 2.24) is 4.83 Å². The van der Waals surface area contributed by atoms with Crippen LogP contribution in [0.2, 0.25) is 10.0 Å². The zero-order chi connectivity index (χ0) is 18.0. The Labute approximate surface area is 152 Å². The van der Waals surface area contributed by atoms with Gasteiger partial charge in [-0.15, -0.1) is 0 Å². The molecule has 0 fully saturated rings. The van der Waals surface area contributed by atoms with E-state index in [0.29, 0.717) is 15.6 Å². The first-order valence-electron chi connectivity index (χ1n) is 7.21. The van der Waals surface area contributed by atoms with Gasteiger partial charge in [0, 0.05) is 5.56 Å². The topological polar surface area (TPSA) is 58.5 Å². The molecule has 0 saturated heterocycles. The van der Waals surface area contributed by atoms with E-state index >= 15 is 0 Å². The number of hydrogen-bond donors (Lipinski definition) is 1. The quantitative estimate of drug-likeness (QED) is 0.618. The van der Waals surface area contributed by atoms with E-state index in [4.69, 9.17) is 23.2 Å². The van der Waals surface area contributed by atoms with Gasteiger partial charge in [0.05, 0.1) is 21.2 Å². The van der Waals surface area contributed by atoms with Crippen LogP contribution >= 0.6 is 23.2 Å². The summed E-state index contributed by atoms with van der Waals surface area (Å²) in [6.45, 7) is 6.19. The molecule has 0 amide bonds. The van der Waals surface area contributed by atoms with Gasteiger partial charge in [0.2, 0.25) is 0 Å². The van der Waals surface area contributed by atoms with Crippen LogP contribution in [0, 0.1) is 0 Å². The van der Waals surface area contributed by atoms with Gasteiger partial charge in [-0.25, -0.2) is 4.83 Å². The molecule has 0 unspecified atom stereocenters. The summed E-state index contributed by atoms with van der Waals surface area (Å²) in [7, 11) is -3.74. The lowest BCUT2D eigenvalue weighted by Crippen LogP contribution is -2.19. The maximum absolute atomic E-state index is 12.3. The fourth-order valence-electron chi connectivity index (χ4n) is 1.97. The van der Waals surface area contributed by atoms with Crippen LogP contribution in [0.4, 0.5) is 0 Å². The van der Waals surface area contributed by atoms with Crippen molar-refractivity contribution in [2.75, 3.05) is 0 Å². The average molecular weight is 385 g/mol. The van der Waals surface area contributed by atoms with Crippen LogP contribution in [0.3, 0.4) is 0 Å². The second kappa shape index (κ2) is 7.13. The van der Waals surface area contributed by atoms with Gasteiger partial charge in [0.1, 0.15) is 0 Å². The summed E-state index contributed by atoms with van der Waals surface area (Å²) < 4.78 is 24.5. The van der Waals surface area contributed by atoms with Crippen molar-refractivity contribution in [3.05, 3.63) is 63.6 Å². The number of halogens is 2. The Morgan fingerprint density at radius 3 is 2.25 bits per heavy atom. The van der Waals surface area contributed by atoms with E-state index < -0.39 is 10.0 Å². The normalized spacial score (nSPS) is 12.5. The monoisotopic (exact) mass is 384 g/mol. The minimum Gasteiger partial charge on any atom is -0.200 e. The van der Waals surface area contributed by atoms with E-state index in [-0.39, 0.29) is 10.3 Å². The van der Waals surface area contributed by atoms with Gasteiger partial charge in [0.15, 0.2) is 0 Å². The Hall–Kier alpha value is -1.56. The third-order valence-corrected chi connectivity index (χ3v) is 5.46. The first kappa shape index (κ1) is 18.8. The van der Waals surface area contributed by atoms with Crippen LogP contribution in [0.5, 0.6) is 0 Å². The van der Waals surface area contributed by atoms with Crippen molar-refractivity contribution < 1.29 is 8.42 Å². The van der Waals surface area contributed by atoms with E-state index in [0.717, 1.165) is 5.56 Å². The van der Waals surface area contributed by atoms with Gasteiger partial charge >= 0.3 is 0 Å². The molecule has 2 aromatic rings. The van der Waals surface area contributed by atoms with E-state index in [1.807, 2.05) is 0 Å². The summed E-state index contributed by atoms with van der Waals surface area (Å²) in [5.41, 5.74) is 1.53. The maximum Gasteiger partial charge on any atom is 0.276 e. The largest absolute Gasteiger partial charge is 0.276 e. The molecular weight excluding hydrogens is 367 g/mol. The Morgan fingerprint density at radius 1 is 1.04 bits per heavy atom. The third-order valence-electron chi connectivity index (χ3n) is 3.39. The van der Waals surface area contributed by atoms with Gasteiger partial charge in [-0.1, -0.05) is 68.2 Å². The number of benzene rings is 2. The molecule has 2 aromatic carbocycles. The van der Waals surface area contributed by atoms with E-state index in [9.17, 15) is 8.42 Å². The molecule has 0 radical (unpaired) electrons. The van der Waals surface area contributed by atoms with Crippen molar-refractivity contribution in [2.24, 2.45) is 5.10 Å². The molecule has 0 aliphatic heterocycles. The number of hydrazone groups is 1. The number of nitrogens with one attached hydrogen (secondary N) is 1. The predicted molar refractivity (Wildman–Crippen MR) is 99.5 cm³/mol. The van der Waals surface area contributed by atoms with E-state index in [2.05, 4.69) is 30.7 Å². The average Bonchev–Trinajstić information content (AvgIpc) is 2.51. The maximum atomic E-state index is 12.3. The Bertz CT molecular complexity index is 855. The lowest BCUT2D eigenvalue weighted by molar-refractivity contribution is 0.580. The highest BCUT2D eigenvalue weighted by atomic mass is 35.5.